The zero-order valence-electron chi connectivity index (χ0n) is 24.5. The highest BCUT2D eigenvalue weighted by atomic mass is 16.1. The number of pyridine rings is 3. The maximum absolute atomic E-state index is 11.8. The third-order valence-corrected chi connectivity index (χ3v) is 8.35. The van der Waals surface area contributed by atoms with Crippen LogP contribution in [0.4, 0.5) is 0 Å². The molecule has 43 heavy (non-hydrogen) atoms. The Morgan fingerprint density at radius 3 is 1.47 bits per heavy atom. The predicted octanol–water partition coefficient (Wildman–Crippen LogP) is 7.57. The smallest absolute Gasteiger partial charge is 0.166 e. The van der Waals surface area contributed by atoms with E-state index in [0.717, 1.165) is 85.7 Å². The van der Waals surface area contributed by atoms with Crippen molar-refractivity contribution in [3.63, 3.8) is 0 Å². The third-order valence-electron chi connectivity index (χ3n) is 8.35. The van der Waals surface area contributed by atoms with Crippen LogP contribution in [0.25, 0.3) is 33.9 Å². The zero-order chi connectivity index (χ0) is 30.1. The summed E-state index contributed by atoms with van der Waals surface area (Å²) in [5, 5.41) is 0. The summed E-state index contributed by atoms with van der Waals surface area (Å²) in [6.45, 7) is 7.95. The lowest BCUT2D eigenvalue weighted by Crippen LogP contribution is -2.08. The van der Waals surface area contributed by atoms with Crippen LogP contribution in [0.2, 0.25) is 0 Å². The molecular weight excluding hydrogens is 534 g/mol. The Labute approximate surface area is 250 Å². The largest absolute Gasteiger partial charge is 0.355 e. The van der Waals surface area contributed by atoms with Crippen LogP contribution in [-0.4, -0.2) is 37.5 Å². The van der Waals surface area contributed by atoms with Gasteiger partial charge < -0.3 is 9.97 Å². The second-order valence-corrected chi connectivity index (χ2v) is 10.8. The quantitative estimate of drug-likeness (QED) is 0.185. The second-order valence-electron chi connectivity index (χ2n) is 10.8. The van der Waals surface area contributed by atoms with E-state index in [-0.39, 0.29) is 5.92 Å². The molecule has 212 valence electrons. The number of H-pyrrole nitrogens is 2. The molecule has 0 atom stereocenters. The number of nitrogens with zero attached hydrogens (tertiary/aromatic N) is 3. The van der Waals surface area contributed by atoms with Crippen LogP contribution in [0.3, 0.4) is 0 Å². The number of hydrogen-bond donors (Lipinski definition) is 2. The lowest BCUT2D eigenvalue weighted by Gasteiger charge is -2.19. The first kappa shape index (κ1) is 27.7. The zero-order valence-corrected chi connectivity index (χ0v) is 24.5. The van der Waals surface area contributed by atoms with Gasteiger partial charge in [-0.3, -0.25) is 19.6 Å². The summed E-state index contributed by atoms with van der Waals surface area (Å²) in [4.78, 5) is 44.3. The molecule has 2 N–H and O–H groups in total. The van der Waals surface area contributed by atoms with Crippen LogP contribution in [0.1, 0.15) is 66.1 Å². The van der Waals surface area contributed by atoms with Crippen molar-refractivity contribution in [2.75, 3.05) is 0 Å². The molecule has 0 spiro atoms. The normalized spacial score (nSPS) is 11.2. The van der Waals surface area contributed by atoms with Crippen LogP contribution < -0.4 is 0 Å². The number of benzene rings is 1. The summed E-state index contributed by atoms with van der Waals surface area (Å²) in [6, 6.07) is 24.1. The van der Waals surface area contributed by atoms with E-state index in [1.54, 1.807) is 12.4 Å². The Kier molecular flexibility index (Phi) is 7.38. The molecule has 0 saturated carbocycles. The van der Waals surface area contributed by atoms with Crippen molar-refractivity contribution in [1.29, 1.82) is 0 Å². The Bertz CT molecular complexity index is 1820. The molecule has 0 fully saturated rings. The van der Waals surface area contributed by atoms with Gasteiger partial charge in [0.1, 0.15) is 0 Å². The van der Waals surface area contributed by atoms with Crippen molar-refractivity contribution in [2.45, 2.75) is 33.6 Å². The van der Waals surface area contributed by atoms with Crippen molar-refractivity contribution < 1.29 is 9.59 Å². The summed E-state index contributed by atoms with van der Waals surface area (Å²) < 4.78 is 0. The van der Waals surface area contributed by atoms with Gasteiger partial charge in [-0.15, -0.1) is 0 Å². The van der Waals surface area contributed by atoms with Gasteiger partial charge in [0.05, 0.1) is 40.1 Å². The van der Waals surface area contributed by atoms with Gasteiger partial charge in [-0.25, -0.2) is 4.98 Å². The van der Waals surface area contributed by atoms with Gasteiger partial charge in [-0.2, -0.15) is 0 Å². The molecular formula is C36H31N5O2. The lowest BCUT2D eigenvalue weighted by molar-refractivity contribution is 0.111. The molecule has 0 bridgehead atoms. The minimum Gasteiger partial charge on any atom is -0.355 e. The molecule has 5 aromatic heterocycles. The van der Waals surface area contributed by atoms with Gasteiger partial charge in [0.25, 0.3) is 0 Å². The average Bonchev–Trinajstić information content (AvgIpc) is 3.51. The molecule has 0 radical (unpaired) electrons. The Hall–Kier alpha value is -5.43. The minimum atomic E-state index is -0.237. The number of nitrogens with one attached hydrogen (secondary N) is 2. The standard InChI is InChI=1S/C36H31N5O2/c1-21-23(3)35(40-32(21)19-42)34(36-24(4)22(2)33(20-43)41-36)26-13-11-25(12-14-26)27-17-30(28-9-5-7-15-37-28)39-31(18-27)29-10-6-8-16-38-29/h5-20,34,40-41H,1-4H3. The van der Waals surface area contributed by atoms with Crippen molar-refractivity contribution in [3.8, 4) is 33.9 Å². The van der Waals surface area contributed by atoms with Crippen molar-refractivity contribution in [1.82, 2.24) is 24.9 Å². The topological polar surface area (TPSA) is 104 Å². The fourth-order valence-electron chi connectivity index (χ4n) is 5.62. The molecule has 7 nitrogen and oxygen atoms in total. The summed E-state index contributed by atoms with van der Waals surface area (Å²) in [7, 11) is 0. The van der Waals surface area contributed by atoms with Crippen LogP contribution >= 0.6 is 0 Å². The third kappa shape index (κ3) is 5.10. The highest BCUT2D eigenvalue weighted by molar-refractivity contribution is 5.78. The Morgan fingerprint density at radius 2 is 1.07 bits per heavy atom. The first-order chi connectivity index (χ1) is 20.9. The van der Waals surface area contributed by atoms with Crippen molar-refractivity contribution in [2.24, 2.45) is 0 Å². The van der Waals surface area contributed by atoms with Gasteiger partial charge >= 0.3 is 0 Å². The molecule has 7 heteroatoms. The number of aromatic amines is 2. The van der Waals surface area contributed by atoms with E-state index in [4.69, 9.17) is 4.98 Å². The van der Waals surface area contributed by atoms with E-state index >= 15 is 0 Å². The molecule has 0 saturated heterocycles. The summed E-state index contributed by atoms with van der Waals surface area (Å²) in [5.74, 6) is -0.237. The first-order valence-electron chi connectivity index (χ1n) is 14.1. The molecule has 0 aliphatic heterocycles. The fourth-order valence-corrected chi connectivity index (χ4v) is 5.62. The van der Waals surface area contributed by atoms with Crippen LogP contribution in [0.15, 0.2) is 85.2 Å². The van der Waals surface area contributed by atoms with Gasteiger partial charge in [0, 0.05) is 23.8 Å². The van der Waals surface area contributed by atoms with Gasteiger partial charge in [-0.1, -0.05) is 36.4 Å². The molecule has 6 aromatic rings. The van der Waals surface area contributed by atoms with E-state index in [1.165, 1.54) is 0 Å². The highest BCUT2D eigenvalue weighted by Crippen LogP contribution is 2.38. The molecule has 0 aliphatic rings. The van der Waals surface area contributed by atoms with Gasteiger partial charge in [0.15, 0.2) is 12.6 Å². The monoisotopic (exact) mass is 565 g/mol. The van der Waals surface area contributed by atoms with E-state index in [1.807, 2.05) is 76.2 Å². The molecule has 6 rings (SSSR count). The second kappa shape index (κ2) is 11.4. The first-order valence-corrected chi connectivity index (χ1v) is 14.1. The number of hydrogen-bond acceptors (Lipinski definition) is 5. The molecule has 0 unspecified atom stereocenters. The summed E-state index contributed by atoms with van der Waals surface area (Å²) >= 11 is 0. The SMILES string of the molecule is Cc1c(C=O)[nH]c(C(c2ccc(-c3cc(-c4ccccn4)nc(-c4ccccn4)c3)cc2)c2[nH]c(C=O)c(C)c2C)c1C. The van der Waals surface area contributed by atoms with E-state index in [9.17, 15) is 9.59 Å². The van der Waals surface area contributed by atoms with Gasteiger partial charge in [-0.05, 0) is 103 Å². The van der Waals surface area contributed by atoms with E-state index < -0.39 is 0 Å². The fraction of sp³-hybridized carbons (Fsp3) is 0.139. The molecule has 1 aromatic carbocycles. The summed E-state index contributed by atoms with van der Waals surface area (Å²) in [5.41, 5.74) is 13.0. The Morgan fingerprint density at radius 1 is 0.581 bits per heavy atom. The number of aldehydes is 2. The Balaban J connectivity index is 1.48. The van der Waals surface area contributed by atoms with E-state index in [0.29, 0.717) is 11.4 Å². The number of carbonyl (C=O) groups is 2. The van der Waals surface area contributed by atoms with Crippen molar-refractivity contribution >= 4 is 12.6 Å². The molecule has 0 amide bonds. The van der Waals surface area contributed by atoms with Crippen molar-refractivity contribution in [3.05, 3.63) is 136 Å². The van der Waals surface area contributed by atoms with Crippen LogP contribution in [-0.2, 0) is 0 Å². The minimum absolute atomic E-state index is 0.237. The average molecular weight is 566 g/mol. The van der Waals surface area contributed by atoms with Crippen LogP contribution in [0.5, 0.6) is 0 Å². The summed E-state index contributed by atoms with van der Waals surface area (Å²) in [6.07, 6.45) is 5.24. The highest BCUT2D eigenvalue weighted by Gasteiger charge is 2.27. The van der Waals surface area contributed by atoms with E-state index in [2.05, 4.69) is 44.2 Å². The van der Waals surface area contributed by atoms with Crippen LogP contribution in [0, 0.1) is 27.7 Å². The lowest BCUT2D eigenvalue weighted by atomic mass is 9.87. The number of carbonyl (C=O) groups excluding carboxylic acids is 2. The number of rotatable bonds is 8. The number of aromatic nitrogens is 5. The maximum atomic E-state index is 11.8. The molecule has 5 heterocycles. The maximum Gasteiger partial charge on any atom is 0.166 e. The predicted molar refractivity (Wildman–Crippen MR) is 168 cm³/mol. The molecule has 0 aliphatic carbocycles. The van der Waals surface area contributed by atoms with Gasteiger partial charge in [0.2, 0.25) is 0 Å².